The topological polar surface area (TPSA) is 30.0 Å². The number of hydrogen-bond acceptors (Lipinski definition) is 2. The Bertz CT molecular complexity index is 933. The first-order chi connectivity index (χ1) is 12.5. The number of Topliss-reactive ketones (excluding diaryl/α,β-unsaturated/α-hetero) is 1. The molecule has 3 aromatic rings. The summed E-state index contributed by atoms with van der Waals surface area (Å²) >= 11 is 0. The highest BCUT2D eigenvalue weighted by Gasteiger charge is 2.20. The van der Waals surface area contributed by atoms with Crippen LogP contribution in [0.4, 0.5) is 4.39 Å². The van der Waals surface area contributed by atoms with E-state index in [1.807, 2.05) is 49.4 Å². The molecule has 1 unspecified atom stereocenters. The molecule has 0 saturated heterocycles. The Balaban J connectivity index is 1.79. The molecule has 1 atom stereocenters. The Hall–Kier alpha value is -2.81. The van der Waals surface area contributed by atoms with Crippen LogP contribution in [0.15, 0.2) is 72.9 Å². The highest BCUT2D eigenvalue weighted by Crippen LogP contribution is 2.21. The summed E-state index contributed by atoms with van der Waals surface area (Å²) in [6.45, 7) is 5.92. The van der Waals surface area contributed by atoms with Crippen molar-refractivity contribution in [3.63, 3.8) is 0 Å². The lowest BCUT2D eigenvalue weighted by atomic mass is 9.87. The number of carbonyl (C=O) groups excluding carboxylic acids is 1. The van der Waals surface area contributed by atoms with Crippen molar-refractivity contribution in [3.05, 3.63) is 89.9 Å². The zero-order valence-electron chi connectivity index (χ0n) is 14.9. The minimum atomic E-state index is -0.343. The number of aromatic nitrogens is 1. The van der Waals surface area contributed by atoms with Gasteiger partial charge < -0.3 is 0 Å². The second-order valence-electron chi connectivity index (χ2n) is 6.85. The standard InChI is InChI=1S/C23H22FNO/c1-16(2)11-20(12-17-7-4-3-5-8-17)22(26)14-18-13-19-9-6-10-21(24)23(19)25-15-18/h3-10,13,15,20H,1,11-12,14H2,2H3. The van der Waals surface area contributed by atoms with Gasteiger partial charge in [-0.15, -0.1) is 6.58 Å². The van der Waals surface area contributed by atoms with E-state index in [1.165, 1.54) is 6.07 Å². The molecule has 3 rings (SSSR count). The summed E-state index contributed by atoms with van der Waals surface area (Å²) in [7, 11) is 0. The fourth-order valence-corrected chi connectivity index (χ4v) is 3.23. The molecule has 0 fully saturated rings. The molecule has 26 heavy (non-hydrogen) atoms. The van der Waals surface area contributed by atoms with Gasteiger partial charge in [-0.3, -0.25) is 9.78 Å². The summed E-state index contributed by atoms with van der Waals surface area (Å²) in [6.07, 6.45) is 3.26. The predicted octanol–water partition coefficient (Wildman–Crippen LogP) is 5.31. The number of nitrogens with zero attached hydrogens (tertiary/aromatic N) is 1. The number of carbonyl (C=O) groups is 1. The van der Waals surface area contributed by atoms with Crippen LogP contribution in [-0.4, -0.2) is 10.8 Å². The van der Waals surface area contributed by atoms with Gasteiger partial charge in [0.2, 0.25) is 0 Å². The zero-order chi connectivity index (χ0) is 18.5. The van der Waals surface area contributed by atoms with Crippen molar-refractivity contribution in [1.82, 2.24) is 4.98 Å². The Labute approximate surface area is 153 Å². The van der Waals surface area contributed by atoms with Crippen molar-refractivity contribution in [1.29, 1.82) is 0 Å². The van der Waals surface area contributed by atoms with Crippen LogP contribution < -0.4 is 0 Å². The number of halogens is 1. The largest absolute Gasteiger partial charge is 0.299 e. The van der Waals surface area contributed by atoms with E-state index < -0.39 is 0 Å². The minimum Gasteiger partial charge on any atom is -0.299 e. The van der Waals surface area contributed by atoms with E-state index in [4.69, 9.17) is 0 Å². The quantitative estimate of drug-likeness (QED) is 0.542. The van der Waals surface area contributed by atoms with Gasteiger partial charge in [0.1, 0.15) is 17.1 Å². The van der Waals surface area contributed by atoms with Crippen molar-refractivity contribution >= 4 is 16.7 Å². The Kier molecular flexibility index (Phi) is 5.57. The monoisotopic (exact) mass is 347 g/mol. The van der Waals surface area contributed by atoms with Crippen molar-refractivity contribution in [2.75, 3.05) is 0 Å². The van der Waals surface area contributed by atoms with E-state index >= 15 is 0 Å². The Morgan fingerprint density at radius 2 is 1.88 bits per heavy atom. The van der Waals surface area contributed by atoms with Crippen LogP contribution in [0.5, 0.6) is 0 Å². The van der Waals surface area contributed by atoms with Gasteiger partial charge >= 0.3 is 0 Å². The number of allylic oxidation sites excluding steroid dienone is 1. The van der Waals surface area contributed by atoms with Crippen LogP contribution in [0.25, 0.3) is 10.9 Å². The third-order valence-corrected chi connectivity index (χ3v) is 4.47. The highest BCUT2D eigenvalue weighted by atomic mass is 19.1. The molecule has 1 heterocycles. The number of benzene rings is 2. The van der Waals surface area contributed by atoms with Gasteiger partial charge in [0.05, 0.1) is 0 Å². The molecule has 2 aromatic carbocycles. The summed E-state index contributed by atoms with van der Waals surface area (Å²) in [5.41, 5.74) is 3.29. The average molecular weight is 347 g/mol. The van der Waals surface area contributed by atoms with Crippen LogP contribution >= 0.6 is 0 Å². The number of rotatable bonds is 7. The molecule has 0 N–H and O–H groups in total. The summed E-state index contributed by atoms with van der Waals surface area (Å²) in [6, 6.07) is 16.7. The molecule has 0 saturated carbocycles. The van der Waals surface area contributed by atoms with Gasteiger partial charge in [0, 0.05) is 23.9 Å². The lowest BCUT2D eigenvalue weighted by Gasteiger charge is -2.16. The van der Waals surface area contributed by atoms with E-state index in [9.17, 15) is 9.18 Å². The molecule has 0 aliphatic heterocycles. The maximum absolute atomic E-state index is 13.8. The van der Waals surface area contributed by atoms with Gasteiger partial charge in [0.15, 0.2) is 0 Å². The summed E-state index contributed by atoms with van der Waals surface area (Å²) in [5, 5.41) is 0.717. The third-order valence-electron chi connectivity index (χ3n) is 4.47. The van der Waals surface area contributed by atoms with Crippen LogP contribution in [0, 0.1) is 11.7 Å². The van der Waals surface area contributed by atoms with Crippen LogP contribution in [0.2, 0.25) is 0 Å². The Morgan fingerprint density at radius 3 is 2.62 bits per heavy atom. The molecule has 0 aliphatic carbocycles. The van der Waals surface area contributed by atoms with Gasteiger partial charge in [-0.2, -0.15) is 0 Å². The first-order valence-electron chi connectivity index (χ1n) is 8.77. The second-order valence-corrected chi connectivity index (χ2v) is 6.85. The maximum Gasteiger partial charge on any atom is 0.149 e. The molecule has 1 aromatic heterocycles. The summed E-state index contributed by atoms with van der Waals surface area (Å²) < 4.78 is 13.8. The number of ketones is 1. The van der Waals surface area contributed by atoms with Gasteiger partial charge in [0.25, 0.3) is 0 Å². The lowest BCUT2D eigenvalue weighted by molar-refractivity contribution is -0.122. The number of para-hydroxylation sites is 1. The van der Waals surface area contributed by atoms with Gasteiger partial charge in [-0.05, 0) is 43.0 Å². The molecule has 3 heteroatoms. The molecule has 0 spiro atoms. The average Bonchev–Trinajstić information content (AvgIpc) is 2.62. The zero-order valence-corrected chi connectivity index (χ0v) is 14.9. The maximum atomic E-state index is 13.8. The molecule has 0 amide bonds. The highest BCUT2D eigenvalue weighted by molar-refractivity contribution is 5.86. The first-order valence-corrected chi connectivity index (χ1v) is 8.77. The SMILES string of the molecule is C=C(C)CC(Cc1ccccc1)C(=O)Cc1cnc2c(F)cccc2c1. The van der Waals surface area contributed by atoms with Crippen LogP contribution in [-0.2, 0) is 17.6 Å². The van der Waals surface area contributed by atoms with Gasteiger partial charge in [-0.25, -0.2) is 4.39 Å². The normalized spacial score (nSPS) is 12.1. The Morgan fingerprint density at radius 1 is 1.12 bits per heavy atom. The third kappa shape index (κ3) is 4.42. The molecule has 0 bridgehead atoms. The fraction of sp³-hybridized carbons (Fsp3) is 0.217. The smallest absolute Gasteiger partial charge is 0.149 e. The van der Waals surface area contributed by atoms with Crippen molar-refractivity contribution in [2.45, 2.75) is 26.2 Å². The number of hydrogen-bond donors (Lipinski definition) is 0. The van der Waals surface area contributed by atoms with E-state index in [2.05, 4.69) is 11.6 Å². The summed E-state index contributed by atoms with van der Waals surface area (Å²) in [4.78, 5) is 17.1. The van der Waals surface area contributed by atoms with Crippen LogP contribution in [0.1, 0.15) is 24.5 Å². The molecule has 0 aliphatic rings. The van der Waals surface area contributed by atoms with E-state index in [0.717, 1.165) is 22.1 Å². The van der Waals surface area contributed by atoms with Crippen molar-refractivity contribution < 1.29 is 9.18 Å². The number of pyridine rings is 1. The van der Waals surface area contributed by atoms with E-state index in [0.29, 0.717) is 24.8 Å². The van der Waals surface area contributed by atoms with E-state index in [-0.39, 0.29) is 17.5 Å². The predicted molar refractivity (Wildman–Crippen MR) is 103 cm³/mol. The fourth-order valence-electron chi connectivity index (χ4n) is 3.23. The second kappa shape index (κ2) is 8.05. The lowest BCUT2D eigenvalue weighted by Crippen LogP contribution is -2.20. The molecule has 0 radical (unpaired) electrons. The van der Waals surface area contributed by atoms with Gasteiger partial charge in [-0.1, -0.05) is 48.0 Å². The minimum absolute atomic E-state index is 0.113. The van der Waals surface area contributed by atoms with E-state index in [1.54, 1.807) is 12.3 Å². The van der Waals surface area contributed by atoms with Crippen LogP contribution in [0.3, 0.4) is 0 Å². The van der Waals surface area contributed by atoms with Crippen molar-refractivity contribution in [3.8, 4) is 0 Å². The molecular formula is C23H22FNO. The molecule has 2 nitrogen and oxygen atoms in total. The first kappa shape index (κ1) is 18.0. The number of fused-ring (bicyclic) bond motifs is 1. The summed E-state index contributed by atoms with van der Waals surface area (Å²) in [5.74, 6) is -0.294. The molecular weight excluding hydrogens is 325 g/mol. The van der Waals surface area contributed by atoms with Crippen molar-refractivity contribution in [2.24, 2.45) is 5.92 Å². The molecule has 132 valence electrons.